The standard InChI is InChI=1S/C15H13FN4O3S/c1-23-15-18-14(10-2-4-11(16)5-3-10)20(19-15)12-6-8-13(9-7-12)24(17,21)22/h2-9H,1H3,(H2,17,21,22). The van der Waals surface area contributed by atoms with Crippen LogP contribution in [0, 0.1) is 5.82 Å². The van der Waals surface area contributed by atoms with Crippen molar-refractivity contribution in [1.29, 1.82) is 0 Å². The second-order valence-corrected chi connectivity index (χ2v) is 6.44. The van der Waals surface area contributed by atoms with Crippen LogP contribution < -0.4 is 9.88 Å². The Kier molecular flexibility index (Phi) is 4.04. The molecule has 0 aliphatic carbocycles. The predicted octanol–water partition coefficient (Wildman–Crippen LogP) is 1.73. The van der Waals surface area contributed by atoms with Gasteiger partial charge in [0.1, 0.15) is 5.82 Å². The topological polar surface area (TPSA) is 100 Å². The smallest absolute Gasteiger partial charge is 0.336 e. The van der Waals surface area contributed by atoms with Gasteiger partial charge in [-0.1, -0.05) is 0 Å². The number of aromatic nitrogens is 3. The fourth-order valence-corrected chi connectivity index (χ4v) is 2.64. The van der Waals surface area contributed by atoms with Crippen molar-refractivity contribution in [3.63, 3.8) is 0 Å². The van der Waals surface area contributed by atoms with E-state index in [0.29, 0.717) is 17.1 Å². The third-order valence-corrected chi connectivity index (χ3v) is 4.21. The Labute approximate surface area is 137 Å². The molecule has 0 bridgehead atoms. The van der Waals surface area contributed by atoms with Crippen molar-refractivity contribution in [2.24, 2.45) is 5.14 Å². The van der Waals surface area contributed by atoms with Crippen molar-refractivity contribution >= 4 is 10.0 Å². The van der Waals surface area contributed by atoms with Crippen LogP contribution in [0.3, 0.4) is 0 Å². The molecule has 0 saturated heterocycles. The highest BCUT2D eigenvalue weighted by atomic mass is 32.2. The van der Waals surface area contributed by atoms with Gasteiger partial charge >= 0.3 is 6.01 Å². The molecule has 0 aliphatic rings. The van der Waals surface area contributed by atoms with Crippen LogP contribution in [0.15, 0.2) is 53.4 Å². The normalized spacial score (nSPS) is 11.5. The van der Waals surface area contributed by atoms with Gasteiger partial charge in [0.15, 0.2) is 5.82 Å². The number of benzene rings is 2. The van der Waals surface area contributed by atoms with E-state index in [2.05, 4.69) is 10.1 Å². The van der Waals surface area contributed by atoms with Gasteiger partial charge in [-0.2, -0.15) is 4.98 Å². The molecule has 2 N–H and O–H groups in total. The predicted molar refractivity (Wildman–Crippen MR) is 84.7 cm³/mol. The molecule has 3 aromatic rings. The Morgan fingerprint density at radius 1 is 1.08 bits per heavy atom. The molecule has 1 aromatic heterocycles. The number of hydrogen-bond acceptors (Lipinski definition) is 5. The van der Waals surface area contributed by atoms with Gasteiger partial charge < -0.3 is 4.74 Å². The van der Waals surface area contributed by atoms with Crippen LogP contribution in [-0.2, 0) is 10.0 Å². The summed E-state index contributed by atoms with van der Waals surface area (Å²) in [7, 11) is -2.35. The molecule has 7 nitrogen and oxygen atoms in total. The maximum atomic E-state index is 13.1. The zero-order valence-corrected chi connectivity index (χ0v) is 13.4. The number of halogens is 1. The van der Waals surface area contributed by atoms with E-state index in [1.165, 1.54) is 36.1 Å². The molecule has 2 aromatic carbocycles. The van der Waals surface area contributed by atoms with Gasteiger partial charge in [0.2, 0.25) is 10.0 Å². The van der Waals surface area contributed by atoms with Crippen LogP contribution in [0.1, 0.15) is 0 Å². The molecule has 0 amide bonds. The van der Waals surface area contributed by atoms with Crippen molar-refractivity contribution in [3.8, 4) is 23.1 Å². The van der Waals surface area contributed by atoms with E-state index < -0.39 is 10.0 Å². The highest BCUT2D eigenvalue weighted by Crippen LogP contribution is 2.24. The molecule has 0 spiro atoms. The number of sulfonamides is 1. The summed E-state index contributed by atoms with van der Waals surface area (Å²) in [5, 5.41) is 9.29. The van der Waals surface area contributed by atoms with E-state index in [0.717, 1.165) is 0 Å². The number of nitrogens with two attached hydrogens (primary N) is 1. The van der Waals surface area contributed by atoms with E-state index in [9.17, 15) is 12.8 Å². The minimum atomic E-state index is -3.78. The number of methoxy groups -OCH3 is 1. The van der Waals surface area contributed by atoms with E-state index in [1.807, 2.05) is 0 Å². The van der Waals surface area contributed by atoms with Gasteiger partial charge in [-0.25, -0.2) is 22.6 Å². The zero-order valence-electron chi connectivity index (χ0n) is 12.5. The monoisotopic (exact) mass is 348 g/mol. The van der Waals surface area contributed by atoms with Crippen LogP contribution in [0.2, 0.25) is 0 Å². The average molecular weight is 348 g/mol. The number of rotatable bonds is 4. The molecular formula is C15H13FN4O3S. The first kappa shape index (κ1) is 16.1. The molecule has 3 rings (SSSR count). The Hall–Kier alpha value is -2.78. The second-order valence-electron chi connectivity index (χ2n) is 4.88. The Bertz CT molecular complexity index is 967. The summed E-state index contributed by atoms with van der Waals surface area (Å²) in [6, 6.07) is 11.7. The minimum Gasteiger partial charge on any atom is -0.466 e. The molecule has 1 heterocycles. The van der Waals surface area contributed by atoms with Crippen LogP contribution in [0.5, 0.6) is 6.01 Å². The van der Waals surface area contributed by atoms with Gasteiger partial charge in [0, 0.05) is 5.56 Å². The summed E-state index contributed by atoms with van der Waals surface area (Å²) in [4.78, 5) is 4.23. The lowest BCUT2D eigenvalue weighted by Crippen LogP contribution is -2.12. The highest BCUT2D eigenvalue weighted by Gasteiger charge is 2.15. The number of ether oxygens (including phenoxy) is 1. The summed E-state index contributed by atoms with van der Waals surface area (Å²) in [5.74, 6) is 0.0597. The largest absolute Gasteiger partial charge is 0.466 e. The van der Waals surface area contributed by atoms with Gasteiger partial charge in [-0.3, -0.25) is 0 Å². The number of nitrogens with zero attached hydrogens (tertiary/aromatic N) is 3. The maximum Gasteiger partial charge on any atom is 0.336 e. The molecule has 0 aliphatic heterocycles. The number of hydrogen-bond donors (Lipinski definition) is 1. The highest BCUT2D eigenvalue weighted by molar-refractivity contribution is 7.89. The Morgan fingerprint density at radius 2 is 1.71 bits per heavy atom. The van der Waals surface area contributed by atoms with Gasteiger partial charge in [-0.05, 0) is 48.5 Å². The molecule has 0 radical (unpaired) electrons. The lowest BCUT2D eigenvalue weighted by Gasteiger charge is -2.06. The lowest BCUT2D eigenvalue weighted by molar-refractivity contribution is 0.380. The summed E-state index contributed by atoms with van der Waals surface area (Å²) in [5.41, 5.74) is 1.18. The fraction of sp³-hybridized carbons (Fsp3) is 0.0667. The van der Waals surface area contributed by atoms with E-state index in [-0.39, 0.29) is 16.7 Å². The third kappa shape index (κ3) is 3.12. The lowest BCUT2D eigenvalue weighted by atomic mass is 10.2. The van der Waals surface area contributed by atoms with Crippen molar-refractivity contribution in [2.45, 2.75) is 4.90 Å². The fourth-order valence-electron chi connectivity index (χ4n) is 2.12. The molecule has 0 atom stereocenters. The van der Waals surface area contributed by atoms with Gasteiger partial charge in [0.25, 0.3) is 0 Å². The molecule has 0 unspecified atom stereocenters. The van der Waals surface area contributed by atoms with Crippen LogP contribution >= 0.6 is 0 Å². The third-order valence-electron chi connectivity index (χ3n) is 3.28. The SMILES string of the molecule is COc1nc(-c2ccc(F)cc2)n(-c2ccc(S(N)(=O)=O)cc2)n1. The van der Waals surface area contributed by atoms with Gasteiger partial charge in [-0.15, -0.1) is 5.10 Å². The summed E-state index contributed by atoms with van der Waals surface area (Å²) in [6.07, 6.45) is 0. The van der Waals surface area contributed by atoms with E-state index in [1.54, 1.807) is 24.3 Å². The van der Waals surface area contributed by atoms with Crippen LogP contribution in [0.25, 0.3) is 17.1 Å². The Morgan fingerprint density at radius 3 is 2.25 bits per heavy atom. The molecular weight excluding hydrogens is 335 g/mol. The van der Waals surface area contributed by atoms with Crippen LogP contribution in [-0.4, -0.2) is 30.3 Å². The average Bonchev–Trinajstić information content (AvgIpc) is 2.99. The first-order valence-corrected chi connectivity index (χ1v) is 8.33. The van der Waals surface area contributed by atoms with E-state index >= 15 is 0 Å². The molecule has 0 saturated carbocycles. The first-order valence-electron chi connectivity index (χ1n) is 6.79. The maximum absolute atomic E-state index is 13.1. The Balaban J connectivity index is 2.10. The molecule has 0 fully saturated rings. The van der Waals surface area contributed by atoms with Crippen molar-refractivity contribution in [1.82, 2.24) is 14.8 Å². The second kappa shape index (κ2) is 6.02. The number of primary sulfonamides is 1. The quantitative estimate of drug-likeness (QED) is 0.774. The molecule has 124 valence electrons. The summed E-state index contributed by atoms with van der Waals surface area (Å²) in [6.45, 7) is 0. The first-order chi connectivity index (χ1) is 11.4. The van der Waals surface area contributed by atoms with Crippen molar-refractivity contribution in [3.05, 3.63) is 54.3 Å². The zero-order chi connectivity index (χ0) is 17.3. The van der Waals surface area contributed by atoms with Crippen molar-refractivity contribution < 1.29 is 17.5 Å². The molecule has 24 heavy (non-hydrogen) atoms. The van der Waals surface area contributed by atoms with Gasteiger partial charge in [0.05, 0.1) is 17.7 Å². The van der Waals surface area contributed by atoms with Crippen molar-refractivity contribution in [2.75, 3.05) is 7.11 Å². The summed E-state index contributed by atoms with van der Waals surface area (Å²) >= 11 is 0. The van der Waals surface area contributed by atoms with E-state index in [4.69, 9.17) is 9.88 Å². The minimum absolute atomic E-state index is 0.0123. The summed E-state index contributed by atoms with van der Waals surface area (Å²) < 4.78 is 42.3. The molecule has 9 heteroatoms. The van der Waals surface area contributed by atoms with Crippen LogP contribution in [0.4, 0.5) is 4.39 Å².